The van der Waals surface area contributed by atoms with Crippen LogP contribution >= 0.6 is 0 Å². The van der Waals surface area contributed by atoms with Gasteiger partial charge in [0.1, 0.15) is 0 Å². The van der Waals surface area contributed by atoms with Crippen molar-refractivity contribution in [2.75, 3.05) is 5.73 Å². The lowest BCUT2D eigenvalue weighted by Gasteiger charge is -2.11. The summed E-state index contributed by atoms with van der Waals surface area (Å²) in [5.74, 6) is -0.284. The highest BCUT2D eigenvalue weighted by Crippen LogP contribution is 2.20. The smallest absolute Gasteiger partial charge is 0.274 e. The van der Waals surface area contributed by atoms with Gasteiger partial charge in [-0.1, -0.05) is 18.2 Å². The molecule has 2 aromatic heterocycles. The molecule has 1 aromatic carbocycles. The average Bonchev–Trinajstić information content (AvgIpc) is 3.32. The van der Waals surface area contributed by atoms with Gasteiger partial charge in [-0.15, -0.1) is 4.80 Å². The number of rotatable bonds is 4. The maximum absolute atomic E-state index is 12.5. The van der Waals surface area contributed by atoms with E-state index < -0.39 is 5.91 Å². The topological polar surface area (TPSA) is 141 Å². The zero-order chi connectivity index (χ0) is 19.0. The van der Waals surface area contributed by atoms with E-state index >= 15 is 0 Å². The lowest BCUT2D eigenvalue weighted by atomic mass is 10.0. The van der Waals surface area contributed by atoms with Crippen molar-refractivity contribution in [3.8, 4) is 5.82 Å². The van der Waals surface area contributed by atoms with Gasteiger partial charge in [0.05, 0.1) is 18.1 Å². The van der Waals surface area contributed by atoms with Crippen molar-refractivity contribution in [3.05, 3.63) is 58.7 Å². The van der Waals surface area contributed by atoms with E-state index in [0.29, 0.717) is 23.6 Å². The van der Waals surface area contributed by atoms with E-state index in [1.54, 1.807) is 13.0 Å². The number of nitrogens with two attached hydrogens (primary N) is 1. The van der Waals surface area contributed by atoms with E-state index in [1.807, 2.05) is 12.1 Å². The second-order valence-corrected chi connectivity index (χ2v) is 6.00. The number of carbonyl (C=O) groups excluding carboxylic acids is 2. The lowest BCUT2D eigenvalue weighted by Crippen LogP contribution is -2.27. The van der Waals surface area contributed by atoms with Gasteiger partial charge < -0.3 is 16.4 Å². The van der Waals surface area contributed by atoms with E-state index in [-0.39, 0.29) is 24.0 Å². The van der Waals surface area contributed by atoms with Gasteiger partial charge in [-0.2, -0.15) is 10.2 Å². The van der Waals surface area contributed by atoms with Crippen LogP contribution in [0, 0.1) is 6.92 Å². The Kier molecular flexibility index (Phi) is 3.99. The highest BCUT2D eigenvalue weighted by molar-refractivity contribution is 6.00. The van der Waals surface area contributed by atoms with Crippen molar-refractivity contribution in [1.82, 2.24) is 35.6 Å². The molecule has 0 fully saturated rings. The number of anilines is 1. The molecule has 0 aliphatic carbocycles. The maximum Gasteiger partial charge on any atom is 0.274 e. The first kappa shape index (κ1) is 16.6. The molecule has 10 nitrogen and oxygen atoms in total. The minimum Gasteiger partial charge on any atom is -0.382 e. The molecule has 0 unspecified atom stereocenters. The molecule has 1 aliphatic heterocycles. The summed E-state index contributed by atoms with van der Waals surface area (Å²) in [6, 6.07) is 5.54. The molecule has 136 valence electrons. The third-order valence-corrected chi connectivity index (χ3v) is 4.24. The highest BCUT2D eigenvalue weighted by atomic mass is 16.2. The number of nitrogens with one attached hydrogen (secondary N) is 2. The molecule has 10 heteroatoms. The molecule has 0 radical (unpaired) electrons. The molecule has 27 heavy (non-hydrogen) atoms. The first-order valence-corrected chi connectivity index (χ1v) is 8.22. The molecule has 1 aliphatic rings. The van der Waals surface area contributed by atoms with Gasteiger partial charge in [-0.25, -0.2) is 9.97 Å². The molecule has 0 saturated carbocycles. The fraction of sp³-hybridized carbons (Fsp3) is 0.176. The van der Waals surface area contributed by atoms with Crippen LogP contribution in [0.15, 0.2) is 30.6 Å². The predicted octanol–water partition coefficient (Wildman–Crippen LogP) is 0.121. The largest absolute Gasteiger partial charge is 0.382 e. The summed E-state index contributed by atoms with van der Waals surface area (Å²) in [6.45, 7) is 2.37. The second kappa shape index (κ2) is 6.48. The first-order valence-electron chi connectivity index (χ1n) is 8.22. The Balaban J connectivity index is 1.55. The second-order valence-electron chi connectivity index (χ2n) is 6.00. The number of aryl methyl sites for hydroxylation is 1. The van der Waals surface area contributed by atoms with Crippen molar-refractivity contribution >= 4 is 17.6 Å². The van der Waals surface area contributed by atoms with Crippen LogP contribution in [0.25, 0.3) is 5.82 Å². The first-order chi connectivity index (χ1) is 13.0. The van der Waals surface area contributed by atoms with Gasteiger partial charge in [0.2, 0.25) is 0 Å². The summed E-state index contributed by atoms with van der Waals surface area (Å²) in [5, 5.41) is 13.5. The van der Waals surface area contributed by atoms with Gasteiger partial charge in [0.15, 0.2) is 17.3 Å². The summed E-state index contributed by atoms with van der Waals surface area (Å²) in [6.07, 6.45) is 3.01. The third-order valence-electron chi connectivity index (χ3n) is 4.24. The van der Waals surface area contributed by atoms with Crippen molar-refractivity contribution in [2.45, 2.75) is 20.0 Å². The SMILES string of the molecule is Cc1nc(C(=O)NCc2cccc3c2C(=O)NC3)c(N)nc1-n1nccn1. The molecular formula is C17H16N8O2. The van der Waals surface area contributed by atoms with Crippen LogP contribution in [0.4, 0.5) is 5.82 Å². The van der Waals surface area contributed by atoms with Crippen LogP contribution in [-0.2, 0) is 13.1 Å². The van der Waals surface area contributed by atoms with Gasteiger partial charge in [-0.3, -0.25) is 9.59 Å². The van der Waals surface area contributed by atoms with Crippen molar-refractivity contribution in [3.63, 3.8) is 0 Å². The molecule has 4 N–H and O–H groups in total. The number of amides is 2. The van der Waals surface area contributed by atoms with Gasteiger partial charge in [0.25, 0.3) is 11.8 Å². The monoisotopic (exact) mass is 364 g/mol. The van der Waals surface area contributed by atoms with Gasteiger partial charge in [0, 0.05) is 18.7 Å². The van der Waals surface area contributed by atoms with E-state index in [0.717, 1.165) is 11.1 Å². The number of hydrogen-bond acceptors (Lipinski definition) is 7. The Morgan fingerprint density at radius 3 is 2.85 bits per heavy atom. The Labute approximate surface area is 153 Å². The van der Waals surface area contributed by atoms with Crippen molar-refractivity contribution < 1.29 is 9.59 Å². The summed E-state index contributed by atoms with van der Waals surface area (Å²) in [4.78, 5) is 34.2. The van der Waals surface area contributed by atoms with E-state index in [4.69, 9.17) is 5.73 Å². The molecule has 0 bridgehead atoms. The Hall–Kier alpha value is -3.82. The Morgan fingerprint density at radius 2 is 2.07 bits per heavy atom. The van der Waals surface area contributed by atoms with Crippen LogP contribution in [0.1, 0.15) is 37.7 Å². The fourth-order valence-corrected chi connectivity index (χ4v) is 2.97. The number of nitrogen functional groups attached to an aromatic ring is 1. The zero-order valence-corrected chi connectivity index (χ0v) is 14.4. The molecule has 0 spiro atoms. The van der Waals surface area contributed by atoms with E-state index in [2.05, 4.69) is 30.8 Å². The number of aromatic nitrogens is 5. The Bertz CT molecular complexity index is 1050. The third kappa shape index (κ3) is 2.97. The molecular weight excluding hydrogens is 348 g/mol. The van der Waals surface area contributed by atoms with Crippen LogP contribution in [0.2, 0.25) is 0 Å². The standard InChI is InChI=1S/C17H16N8O2/c1-9-15(25-21-5-6-22-25)24-14(18)13(23-9)17(27)20-8-11-4-2-3-10-7-19-16(26)12(10)11/h2-6H,7-8H2,1H3,(H2,18,24)(H,19,26)(H,20,27). The van der Waals surface area contributed by atoms with Crippen molar-refractivity contribution in [1.29, 1.82) is 0 Å². The van der Waals surface area contributed by atoms with Crippen LogP contribution in [-0.4, -0.2) is 36.8 Å². The Morgan fingerprint density at radius 1 is 1.30 bits per heavy atom. The minimum absolute atomic E-state index is 0.0143. The molecule has 3 heterocycles. The maximum atomic E-state index is 12.5. The minimum atomic E-state index is -0.473. The van der Waals surface area contributed by atoms with E-state index in [1.165, 1.54) is 17.2 Å². The number of fused-ring (bicyclic) bond motifs is 1. The molecule has 0 atom stereocenters. The van der Waals surface area contributed by atoms with Crippen LogP contribution in [0.3, 0.4) is 0 Å². The summed E-state index contributed by atoms with van der Waals surface area (Å²) in [7, 11) is 0. The van der Waals surface area contributed by atoms with Crippen LogP contribution in [0.5, 0.6) is 0 Å². The molecule has 4 rings (SSSR count). The lowest BCUT2D eigenvalue weighted by molar-refractivity contribution is 0.0937. The van der Waals surface area contributed by atoms with Gasteiger partial charge >= 0.3 is 0 Å². The number of hydrogen-bond donors (Lipinski definition) is 3. The normalized spacial score (nSPS) is 12.6. The molecule has 3 aromatic rings. The van der Waals surface area contributed by atoms with Crippen molar-refractivity contribution in [2.24, 2.45) is 0 Å². The van der Waals surface area contributed by atoms with Crippen LogP contribution < -0.4 is 16.4 Å². The summed E-state index contributed by atoms with van der Waals surface area (Å²) < 4.78 is 0. The number of nitrogens with zero attached hydrogens (tertiary/aromatic N) is 5. The molecule has 0 saturated heterocycles. The molecule has 2 amide bonds. The van der Waals surface area contributed by atoms with E-state index in [9.17, 15) is 9.59 Å². The zero-order valence-electron chi connectivity index (χ0n) is 14.4. The summed E-state index contributed by atoms with van der Waals surface area (Å²) in [5.41, 5.74) is 8.64. The number of benzene rings is 1. The fourth-order valence-electron chi connectivity index (χ4n) is 2.97. The summed E-state index contributed by atoms with van der Waals surface area (Å²) >= 11 is 0. The quantitative estimate of drug-likeness (QED) is 0.597. The highest BCUT2D eigenvalue weighted by Gasteiger charge is 2.23. The average molecular weight is 364 g/mol. The number of carbonyl (C=O) groups is 2. The predicted molar refractivity (Wildman–Crippen MR) is 94.9 cm³/mol. The van der Waals surface area contributed by atoms with Gasteiger partial charge in [-0.05, 0) is 18.1 Å².